The summed E-state index contributed by atoms with van der Waals surface area (Å²) in [5.74, 6) is -1.65. The number of rotatable bonds is 2. The zero-order valence-corrected chi connectivity index (χ0v) is 9.65. The maximum absolute atomic E-state index is 12.9. The van der Waals surface area contributed by atoms with Gasteiger partial charge < -0.3 is 4.74 Å². The Morgan fingerprint density at radius 2 is 2.20 bits per heavy atom. The van der Waals surface area contributed by atoms with Crippen LogP contribution < -0.4 is 0 Å². The molecule has 0 aliphatic rings. The van der Waals surface area contributed by atoms with Gasteiger partial charge in [0, 0.05) is 0 Å². The van der Waals surface area contributed by atoms with Gasteiger partial charge in [-0.1, -0.05) is 0 Å². The van der Waals surface area contributed by atoms with E-state index in [1.54, 1.807) is 22.6 Å². The van der Waals surface area contributed by atoms with E-state index in [2.05, 4.69) is 4.74 Å². The van der Waals surface area contributed by atoms with E-state index in [1.165, 1.54) is 0 Å². The smallest absolute Gasteiger partial charge is 0.339 e. The summed E-state index contributed by atoms with van der Waals surface area (Å²) in [5.41, 5.74) is -0.596. The number of hydrogen-bond acceptors (Lipinski definition) is 4. The molecule has 0 saturated carbocycles. The van der Waals surface area contributed by atoms with Crippen molar-refractivity contribution in [1.29, 1.82) is 0 Å². The lowest BCUT2D eigenvalue weighted by atomic mass is 10.2. The second-order valence-corrected chi connectivity index (χ2v) is 3.61. The first-order valence-electron chi connectivity index (χ1n) is 3.69. The van der Waals surface area contributed by atoms with Crippen LogP contribution in [0.4, 0.5) is 10.1 Å². The van der Waals surface area contributed by atoms with E-state index in [-0.39, 0.29) is 9.13 Å². The lowest BCUT2D eigenvalue weighted by Gasteiger charge is -2.03. The Hall–Kier alpha value is -1.25. The van der Waals surface area contributed by atoms with Crippen LogP contribution in [0.2, 0.25) is 0 Å². The van der Waals surface area contributed by atoms with Gasteiger partial charge in [-0.05, 0) is 28.7 Å². The number of ether oxygens (including phenoxy) is 1. The summed E-state index contributed by atoms with van der Waals surface area (Å²) >= 11 is 1.60. The van der Waals surface area contributed by atoms with E-state index in [9.17, 15) is 19.3 Å². The van der Waals surface area contributed by atoms with Gasteiger partial charge in [-0.25, -0.2) is 9.18 Å². The molecule has 0 unspecified atom stereocenters. The second-order valence-electron chi connectivity index (χ2n) is 2.54. The molecule has 0 aromatic heterocycles. The summed E-state index contributed by atoms with van der Waals surface area (Å²) in [6.07, 6.45) is 0. The standard InChI is InChI=1S/C8H5FINO4/c1-15-8(12)5-2-4(9)3-6(7(5)10)11(13)14/h2-3H,1H3. The predicted octanol–water partition coefficient (Wildman–Crippen LogP) is 2.13. The highest BCUT2D eigenvalue weighted by atomic mass is 127. The maximum atomic E-state index is 12.9. The maximum Gasteiger partial charge on any atom is 0.339 e. The van der Waals surface area contributed by atoms with Gasteiger partial charge in [-0.2, -0.15) is 0 Å². The van der Waals surface area contributed by atoms with E-state index in [0.717, 1.165) is 19.2 Å². The Labute approximate surface area is 97.5 Å². The van der Waals surface area contributed by atoms with Gasteiger partial charge in [-0.15, -0.1) is 0 Å². The van der Waals surface area contributed by atoms with Crippen LogP contribution in [0.5, 0.6) is 0 Å². The molecule has 0 fully saturated rings. The van der Waals surface area contributed by atoms with Crippen LogP contribution >= 0.6 is 22.6 Å². The van der Waals surface area contributed by atoms with Gasteiger partial charge in [0.05, 0.1) is 23.7 Å². The molecule has 0 amide bonds. The summed E-state index contributed by atoms with van der Waals surface area (Å²) < 4.78 is 17.4. The van der Waals surface area contributed by atoms with Gasteiger partial charge in [0.2, 0.25) is 0 Å². The third-order valence-corrected chi connectivity index (χ3v) is 2.75. The molecule has 1 rings (SSSR count). The number of methoxy groups -OCH3 is 1. The lowest BCUT2D eigenvalue weighted by molar-refractivity contribution is -0.386. The molecule has 15 heavy (non-hydrogen) atoms. The predicted molar refractivity (Wildman–Crippen MR) is 57.1 cm³/mol. The number of benzene rings is 1. The molecule has 0 atom stereocenters. The van der Waals surface area contributed by atoms with Crippen LogP contribution in [-0.2, 0) is 4.74 Å². The fourth-order valence-electron chi connectivity index (χ4n) is 0.966. The van der Waals surface area contributed by atoms with Gasteiger partial charge in [0.1, 0.15) is 9.39 Å². The first-order valence-corrected chi connectivity index (χ1v) is 4.77. The Morgan fingerprint density at radius 1 is 1.60 bits per heavy atom. The molecule has 80 valence electrons. The zero-order chi connectivity index (χ0) is 11.6. The summed E-state index contributed by atoms with van der Waals surface area (Å²) in [7, 11) is 1.12. The number of carbonyl (C=O) groups excluding carboxylic acids is 1. The average Bonchev–Trinajstić information content (AvgIpc) is 2.19. The molecule has 0 N–H and O–H groups in total. The fraction of sp³-hybridized carbons (Fsp3) is 0.125. The molecule has 0 spiro atoms. The molecule has 0 heterocycles. The van der Waals surface area contributed by atoms with E-state index in [1.807, 2.05) is 0 Å². The number of nitro benzene ring substituents is 1. The van der Waals surface area contributed by atoms with Crippen molar-refractivity contribution >= 4 is 34.2 Å². The number of carbonyl (C=O) groups is 1. The molecule has 0 bridgehead atoms. The number of esters is 1. The number of hydrogen-bond donors (Lipinski definition) is 0. The topological polar surface area (TPSA) is 69.4 Å². The van der Waals surface area contributed by atoms with Crippen molar-refractivity contribution in [1.82, 2.24) is 0 Å². The van der Waals surface area contributed by atoms with Gasteiger partial charge >= 0.3 is 5.97 Å². The van der Waals surface area contributed by atoms with Crippen molar-refractivity contribution in [3.8, 4) is 0 Å². The highest BCUT2D eigenvalue weighted by Gasteiger charge is 2.22. The van der Waals surface area contributed by atoms with E-state index in [4.69, 9.17) is 0 Å². The summed E-state index contributed by atoms with van der Waals surface area (Å²) in [6, 6.07) is 1.66. The molecule has 5 nitrogen and oxygen atoms in total. The monoisotopic (exact) mass is 325 g/mol. The Morgan fingerprint density at radius 3 is 2.67 bits per heavy atom. The van der Waals surface area contributed by atoms with Crippen LogP contribution in [0.25, 0.3) is 0 Å². The minimum atomic E-state index is -0.845. The zero-order valence-electron chi connectivity index (χ0n) is 7.49. The molecule has 1 aromatic carbocycles. The molecule has 0 saturated heterocycles. The normalized spacial score (nSPS) is 9.80. The van der Waals surface area contributed by atoms with Crippen molar-refractivity contribution in [2.45, 2.75) is 0 Å². The third-order valence-electron chi connectivity index (χ3n) is 1.62. The number of nitro groups is 1. The van der Waals surface area contributed by atoms with E-state index >= 15 is 0 Å². The minimum absolute atomic E-state index is 0.0610. The Balaban J connectivity index is 3.41. The summed E-state index contributed by atoms with van der Waals surface area (Å²) in [4.78, 5) is 20.9. The largest absolute Gasteiger partial charge is 0.465 e. The molecule has 1 aromatic rings. The van der Waals surface area contributed by atoms with E-state index in [0.29, 0.717) is 0 Å². The Kier molecular flexibility index (Phi) is 3.56. The SMILES string of the molecule is COC(=O)c1cc(F)cc([N+](=O)[O-])c1I. The Bertz CT molecular complexity index is 435. The molecular formula is C8H5FINO4. The van der Waals surface area contributed by atoms with Gasteiger partial charge in [-0.3, -0.25) is 10.1 Å². The molecule has 7 heteroatoms. The van der Waals surface area contributed by atoms with Crippen LogP contribution in [0.1, 0.15) is 10.4 Å². The number of halogens is 2. The second kappa shape index (κ2) is 4.51. The van der Waals surface area contributed by atoms with E-state index < -0.39 is 22.4 Å². The van der Waals surface area contributed by atoms with Crippen molar-refractivity contribution < 1.29 is 18.8 Å². The van der Waals surface area contributed by atoms with Crippen LogP contribution in [-0.4, -0.2) is 18.0 Å². The van der Waals surface area contributed by atoms with Gasteiger partial charge in [0.15, 0.2) is 0 Å². The average molecular weight is 325 g/mol. The van der Waals surface area contributed by atoms with Crippen molar-refractivity contribution in [3.05, 3.63) is 37.2 Å². The van der Waals surface area contributed by atoms with Crippen LogP contribution in [0.3, 0.4) is 0 Å². The van der Waals surface area contributed by atoms with Crippen LogP contribution in [0.15, 0.2) is 12.1 Å². The van der Waals surface area contributed by atoms with Crippen molar-refractivity contribution in [2.75, 3.05) is 7.11 Å². The number of nitrogens with zero attached hydrogens (tertiary/aromatic N) is 1. The highest BCUT2D eigenvalue weighted by molar-refractivity contribution is 14.1. The molecule has 0 aliphatic heterocycles. The minimum Gasteiger partial charge on any atom is -0.465 e. The molecule has 0 radical (unpaired) electrons. The van der Waals surface area contributed by atoms with Gasteiger partial charge in [0.25, 0.3) is 5.69 Å². The van der Waals surface area contributed by atoms with Crippen molar-refractivity contribution in [2.24, 2.45) is 0 Å². The first-order chi connectivity index (χ1) is 6.97. The lowest BCUT2D eigenvalue weighted by Crippen LogP contribution is -2.06. The van der Waals surface area contributed by atoms with Crippen molar-refractivity contribution in [3.63, 3.8) is 0 Å². The summed E-state index contributed by atoms with van der Waals surface area (Å²) in [5, 5.41) is 10.5. The highest BCUT2D eigenvalue weighted by Crippen LogP contribution is 2.26. The third kappa shape index (κ3) is 2.41. The summed E-state index contributed by atoms with van der Waals surface area (Å²) in [6.45, 7) is 0. The first kappa shape index (κ1) is 11.8. The van der Waals surface area contributed by atoms with Crippen LogP contribution in [0, 0.1) is 19.5 Å². The quantitative estimate of drug-likeness (QED) is 0.361. The fourth-order valence-corrected chi connectivity index (χ4v) is 1.69. The molecular weight excluding hydrogens is 320 g/mol. The molecule has 0 aliphatic carbocycles.